The topological polar surface area (TPSA) is 47.1 Å². The Hall–Kier alpha value is -1.88. The summed E-state index contributed by atoms with van der Waals surface area (Å²) in [6, 6.07) is 6.35. The van der Waals surface area contributed by atoms with E-state index >= 15 is 0 Å². The zero-order valence-corrected chi connectivity index (χ0v) is 10.8. The zero-order chi connectivity index (χ0) is 13.3. The van der Waals surface area contributed by atoms with E-state index in [1.807, 2.05) is 25.9 Å². The van der Waals surface area contributed by atoms with E-state index in [1.54, 1.807) is 16.8 Å². The highest BCUT2D eigenvalue weighted by Crippen LogP contribution is 2.28. The van der Waals surface area contributed by atoms with Crippen molar-refractivity contribution in [3.05, 3.63) is 41.3 Å². The second-order valence-electron chi connectivity index (χ2n) is 4.25. The second kappa shape index (κ2) is 4.78. The van der Waals surface area contributed by atoms with Crippen molar-refractivity contribution < 1.29 is 4.39 Å². The van der Waals surface area contributed by atoms with Crippen LogP contribution in [0.4, 0.5) is 15.9 Å². The van der Waals surface area contributed by atoms with E-state index in [0.717, 1.165) is 22.8 Å². The van der Waals surface area contributed by atoms with Crippen LogP contribution in [0.5, 0.6) is 0 Å². The lowest BCUT2D eigenvalue weighted by Crippen LogP contribution is -2.16. The van der Waals surface area contributed by atoms with E-state index in [1.165, 1.54) is 12.1 Å². The van der Waals surface area contributed by atoms with E-state index in [2.05, 4.69) is 5.10 Å². The average molecular weight is 248 g/mol. The molecule has 1 aromatic carbocycles. The fraction of sp³-hybridized carbons (Fsp3) is 0.308. The van der Waals surface area contributed by atoms with Gasteiger partial charge < -0.3 is 10.6 Å². The SMILES string of the molecule is Cc1nn(C)c(N(C)c2ccc(F)cc2)c1CN. The van der Waals surface area contributed by atoms with Crippen LogP contribution in [-0.4, -0.2) is 16.8 Å². The Bertz CT molecular complexity index is 545. The van der Waals surface area contributed by atoms with Crippen LogP contribution >= 0.6 is 0 Å². The summed E-state index contributed by atoms with van der Waals surface area (Å²) in [5.41, 5.74) is 8.59. The minimum atomic E-state index is -0.243. The number of aromatic nitrogens is 2. The van der Waals surface area contributed by atoms with Crippen molar-refractivity contribution in [3.63, 3.8) is 0 Å². The van der Waals surface area contributed by atoms with Crippen molar-refractivity contribution in [1.29, 1.82) is 0 Å². The second-order valence-corrected chi connectivity index (χ2v) is 4.25. The Kier molecular flexibility index (Phi) is 3.34. The monoisotopic (exact) mass is 248 g/mol. The predicted molar refractivity (Wildman–Crippen MR) is 70.3 cm³/mol. The van der Waals surface area contributed by atoms with Crippen LogP contribution in [0.3, 0.4) is 0 Å². The molecule has 0 spiro atoms. The molecule has 0 atom stereocenters. The smallest absolute Gasteiger partial charge is 0.135 e. The van der Waals surface area contributed by atoms with Gasteiger partial charge in [0.15, 0.2) is 0 Å². The summed E-state index contributed by atoms with van der Waals surface area (Å²) in [6.07, 6.45) is 0. The lowest BCUT2D eigenvalue weighted by molar-refractivity contribution is 0.628. The molecule has 0 radical (unpaired) electrons. The Labute approximate surface area is 106 Å². The molecule has 2 N–H and O–H groups in total. The van der Waals surface area contributed by atoms with Gasteiger partial charge in [-0.25, -0.2) is 4.39 Å². The van der Waals surface area contributed by atoms with Crippen LogP contribution in [0.15, 0.2) is 24.3 Å². The quantitative estimate of drug-likeness (QED) is 0.904. The highest BCUT2D eigenvalue weighted by molar-refractivity contribution is 5.63. The van der Waals surface area contributed by atoms with E-state index in [0.29, 0.717) is 6.54 Å². The Morgan fingerprint density at radius 3 is 2.50 bits per heavy atom. The summed E-state index contributed by atoms with van der Waals surface area (Å²) < 4.78 is 14.7. The molecule has 0 aliphatic rings. The number of rotatable bonds is 3. The number of benzene rings is 1. The maximum Gasteiger partial charge on any atom is 0.135 e. The van der Waals surface area contributed by atoms with Gasteiger partial charge in [0, 0.05) is 31.9 Å². The van der Waals surface area contributed by atoms with Gasteiger partial charge in [0.1, 0.15) is 11.6 Å². The Balaban J connectivity index is 2.45. The summed E-state index contributed by atoms with van der Waals surface area (Å²) in [4.78, 5) is 1.96. The molecule has 1 heterocycles. The molecule has 2 aromatic rings. The largest absolute Gasteiger partial charge is 0.329 e. The van der Waals surface area contributed by atoms with Crippen molar-refractivity contribution in [1.82, 2.24) is 9.78 Å². The van der Waals surface area contributed by atoms with Gasteiger partial charge in [0.25, 0.3) is 0 Å². The standard InChI is InChI=1S/C13H17FN4/c1-9-12(8-15)13(18(3)16-9)17(2)11-6-4-10(14)5-7-11/h4-7H,8,15H2,1-3H3. The van der Waals surface area contributed by atoms with Crippen LogP contribution in [-0.2, 0) is 13.6 Å². The number of nitrogens with zero attached hydrogens (tertiary/aromatic N) is 3. The molecule has 5 heteroatoms. The number of nitrogens with two attached hydrogens (primary N) is 1. The van der Waals surface area contributed by atoms with Crippen LogP contribution in [0.1, 0.15) is 11.3 Å². The van der Waals surface area contributed by atoms with Gasteiger partial charge in [-0.05, 0) is 31.2 Å². The highest BCUT2D eigenvalue weighted by atomic mass is 19.1. The zero-order valence-electron chi connectivity index (χ0n) is 10.8. The molecule has 1 aromatic heterocycles. The summed E-state index contributed by atoms with van der Waals surface area (Å²) in [7, 11) is 3.80. The van der Waals surface area contributed by atoms with Gasteiger partial charge in [0.2, 0.25) is 0 Å². The number of aryl methyl sites for hydroxylation is 2. The first-order valence-electron chi connectivity index (χ1n) is 5.76. The van der Waals surface area contributed by atoms with Gasteiger partial charge >= 0.3 is 0 Å². The van der Waals surface area contributed by atoms with Gasteiger partial charge in [-0.15, -0.1) is 0 Å². The molecule has 4 nitrogen and oxygen atoms in total. The minimum Gasteiger partial charge on any atom is -0.329 e. The summed E-state index contributed by atoms with van der Waals surface area (Å²) in [6.45, 7) is 2.37. The molecular weight excluding hydrogens is 231 g/mol. The van der Waals surface area contributed by atoms with E-state index in [9.17, 15) is 4.39 Å². The molecular formula is C13H17FN4. The Morgan fingerprint density at radius 2 is 1.94 bits per heavy atom. The van der Waals surface area contributed by atoms with Gasteiger partial charge in [-0.2, -0.15) is 5.10 Å². The number of anilines is 2. The predicted octanol–water partition coefficient (Wildman–Crippen LogP) is 2.09. The molecule has 18 heavy (non-hydrogen) atoms. The third kappa shape index (κ3) is 2.09. The molecule has 0 saturated carbocycles. The third-order valence-electron chi connectivity index (χ3n) is 3.05. The number of hydrogen-bond donors (Lipinski definition) is 1. The minimum absolute atomic E-state index is 0.243. The van der Waals surface area contributed by atoms with Crippen molar-refractivity contribution in [2.45, 2.75) is 13.5 Å². The molecule has 96 valence electrons. The first kappa shape index (κ1) is 12.6. The molecule has 0 unspecified atom stereocenters. The van der Waals surface area contributed by atoms with E-state index in [4.69, 9.17) is 5.73 Å². The van der Waals surface area contributed by atoms with E-state index < -0.39 is 0 Å². The maximum atomic E-state index is 12.9. The Morgan fingerprint density at radius 1 is 1.33 bits per heavy atom. The van der Waals surface area contributed by atoms with Crippen LogP contribution < -0.4 is 10.6 Å². The van der Waals surface area contributed by atoms with Gasteiger partial charge in [-0.3, -0.25) is 4.68 Å². The lowest BCUT2D eigenvalue weighted by Gasteiger charge is -2.21. The van der Waals surface area contributed by atoms with Gasteiger partial charge in [-0.1, -0.05) is 0 Å². The fourth-order valence-electron chi connectivity index (χ4n) is 2.14. The lowest BCUT2D eigenvalue weighted by atomic mass is 10.2. The van der Waals surface area contributed by atoms with Crippen molar-refractivity contribution in [2.75, 3.05) is 11.9 Å². The normalized spacial score (nSPS) is 10.7. The van der Waals surface area contributed by atoms with E-state index in [-0.39, 0.29) is 5.82 Å². The average Bonchev–Trinajstić information content (AvgIpc) is 2.63. The summed E-state index contributed by atoms with van der Waals surface area (Å²) in [5.74, 6) is 0.689. The molecule has 0 amide bonds. The van der Waals surface area contributed by atoms with Crippen molar-refractivity contribution in [3.8, 4) is 0 Å². The highest BCUT2D eigenvalue weighted by Gasteiger charge is 2.16. The van der Waals surface area contributed by atoms with Crippen molar-refractivity contribution in [2.24, 2.45) is 12.8 Å². The van der Waals surface area contributed by atoms with Crippen LogP contribution in [0.2, 0.25) is 0 Å². The fourth-order valence-corrected chi connectivity index (χ4v) is 2.14. The molecule has 0 saturated heterocycles. The molecule has 0 bridgehead atoms. The first-order chi connectivity index (χ1) is 8.54. The maximum absolute atomic E-state index is 12.9. The molecule has 0 fully saturated rings. The van der Waals surface area contributed by atoms with Crippen LogP contribution in [0, 0.1) is 12.7 Å². The van der Waals surface area contributed by atoms with Crippen molar-refractivity contribution >= 4 is 11.5 Å². The number of halogens is 1. The molecule has 2 rings (SSSR count). The number of hydrogen-bond acceptors (Lipinski definition) is 3. The van der Waals surface area contributed by atoms with Gasteiger partial charge in [0.05, 0.1) is 5.69 Å². The first-order valence-corrected chi connectivity index (χ1v) is 5.76. The molecule has 0 aliphatic heterocycles. The summed E-state index contributed by atoms with van der Waals surface area (Å²) in [5, 5.41) is 4.37. The van der Waals surface area contributed by atoms with Crippen LogP contribution in [0.25, 0.3) is 0 Å². The third-order valence-corrected chi connectivity index (χ3v) is 3.05. The molecule has 0 aliphatic carbocycles. The summed E-state index contributed by atoms with van der Waals surface area (Å²) >= 11 is 0.